The zero-order valence-electron chi connectivity index (χ0n) is 9.61. The molecule has 2 aromatic rings. The van der Waals surface area contributed by atoms with Gasteiger partial charge in [-0.25, -0.2) is 0 Å². The quantitative estimate of drug-likeness (QED) is 0.557. The summed E-state index contributed by atoms with van der Waals surface area (Å²) in [4.78, 5) is 1.25. The van der Waals surface area contributed by atoms with E-state index in [-0.39, 0.29) is 0 Å². The highest BCUT2D eigenvalue weighted by Gasteiger charge is 2.00. The number of hydrogen-bond donors (Lipinski definition) is 0. The minimum Gasteiger partial charge on any atom is -0.493 e. The largest absolute Gasteiger partial charge is 0.493 e. The minimum atomic E-state index is 0.518. The first-order valence-electron chi connectivity index (χ1n) is 5.51. The Morgan fingerprint density at radius 2 is 1.72 bits per heavy atom. The third-order valence-electron chi connectivity index (χ3n) is 2.26. The van der Waals surface area contributed by atoms with Gasteiger partial charge in [-0.2, -0.15) is 0 Å². The summed E-state index contributed by atoms with van der Waals surface area (Å²) in [5.74, 6) is 1.64. The van der Waals surface area contributed by atoms with Gasteiger partial charge in [-0.3, -0.25) is 0 Å². The van der Waals surface area contributed by atoms with Crippen molar-refractivity contribution < 1.29 is 4.74 Å². The van der Waals surface area contributed by atoms with Gasteiger partial charge >= 0.3 is 0 Å². The monoisotopic (exact) mass is 298 g/mol. The molecule has 2 aromatic carbocycles. The van der Waals surface area contributed by atoms with E-state index in [0.717, 1.165) is 11.5 Å². The molecule has 0 aromatic heterocycles. The summed E-state index contributed by atoms with van der Waals surface area (Å²) in [7, 11) is 0. The molecule has 18 heavy (non-hydrogen) atoms. The predicted molar refractivity (Wildman–Crippen MR) is 79.1 cm³/mol. The smallest absolute Gasteiger partial charge is 0.120 e. The maximum atomic E-state index is 5.91. The first kappa shape index (κ1) is 13.6. The van der Waals surface area contributed by atoms with Crippen LogP contribution in [0.2, 0.25) is 10.0 Å². The summed E-state index contributed by atoms with van der Waals surface area (Å²) in [6.07, 6.45) is 0. The van der Waals surface area contributed by atoms with E-state index in [1.807, 2.05) is 24.3 Å². The van der Waals surface area contributed by atoms with Crippen molar-refractivity contribution in [1.82, 2.24) is 0 Å². The highest BCUT2D eigenvalue weighted by atomic mass is 35.5. The van der Waals surface area contributed by atoms with Gasteiger partial charge in [0.05, 0.1) is 16.7 Å². The number of hydrogen-bond acceptors (Lipinski definition) is 2. The van der Waals surface area contributed by atoms with Gasteiger partial charge in [0.1, 0.15) is 5.75 Å². The Balaban J connectivity index is 1.77. The molecule has 94 valence electrons. The lowest BCUT2D eigenvalue weighted by molar-refractivity contribution is 0.344. The van der Waals surface area contributed by atoms with E-state index in [2.05, 4.69) is 12.1 Å². The molecule has 0 unspecified atom stereocenters. The van der Waals surface area contributed by atoms with Gasteiger partial charge in [0.2, 0.25) is 0 Å². The Bertz CT molecular complexity index is 502. The molecule has 0 N–H and O–H groups in total. The molecule has 0 aliphatic heterocycles. The predicted octanol–water partition coefficient (Wildman–Crippen LogP) is 5.16. The second-order valence-corrected chi connectivity index (χ2v) is 5.57. The van der Waals surface area contributed by atoms with Crippen LogP contribution < -0.4 is 4.74 Å². The van der Waals surface area contributed by atoms with Gasteiger partial charge in [-0.1, -0.05) is 41.4 Å². The van der Waals surface area contributed by atoms with Crippen molar-refractivity contribution in [2.75, 3.05) is 12.4 Å². The third kappa shape index (κ3) is 4.13. The zero-order valence-corrected chi connectivity index (χ0v) is 11.9. The SMILES string of the molecule is Clc1ccc(OCCSc2ccccc2)cc1Cl. The molecule has 0 heterocycles. The van der Waals surface area contributed by atoms with Crippen LogP contribution in [0.4, 0.5) is 0 Å². The lowest BCUT2D eigenvalue weighted by atomic mass is 10.3. The number of rotatable bonds is 5. The molecule has 2 rings (SSSR count). The normalized spacial score (nSPS) is 10.3. The van der Waals surface area contributed by atoms with Crippen LogP contribution in [0.25, 0.3) is 0 Å². The summed E-state index contributed by atoms with van der Waals surface area (Å²) < 4.78 is 5.60. The molecule has 0 spiro atoms. The van der Waals surface area contributed by atoms with Crippen LogP contribution in [0.5, 0.6) is 5.75 Å². The standard InChI is InChI=1S/C14H12Cl2OS/c15-13-7-6-11(10-14(13)16)17-8-9-18-12-4-2-1-3-5-12/h1-7,10H,8-9H2. The maximum absolute atomic E-state index is 5.91. The molecule has 0 saturated heterocycles. The Labute approximate surface area is 121 Å². The number of benzene rings is 2. The lowest BCUT2D eigenvalue weighted by Crippen LogP contribution is -1.99. The Morgan fingerprint density at radius 1 is 0.944 bits per heavy atom. The van der Waals surface area contributed by atoms with Gasteiger partial charge in [-0.05, 0) is 24.3 Å². The zero-order chi connectivity index (χ0) is 12.8. The molecule has 0 saturated carbocycles. The van der Waals surface area contributed by atoms with Crippen LogP contribution >= 0.6 is 35.0 Å². The average molecular weight is 299 g/mol. The Kier molecular flexibility index (Phi) is 5.24. The van der Waals surface area contributed by atoms with Crippen molar-refractivity contribution in [2.45, 2.75) is 4.90 Å². The molecule has 0 aliphatic rings. The van der Waals surface area contributed by atoms with E-state index >= 15 is 0 Å². The van der Waals surface area contributed by atoms with Crippen LogP contribution in [0.1, 0.15) is 0 Å². The second-order valence-electron chi connectivity index (χ2n) is 3.59. The minimum absolute atomic E-state index is 0.518. The molecule has 0 aliphatic carbocycles. The van der Waals surface area contributed by atoms with E-state index < -0.39 is 0 Å². The van der Waals surface area contributed by atoms with Crippen molar-refractivity contribution >= 4 is 35.0 Å². The average Bonchev–Trinajstić information content (AvgIpc) is 2.40. The summed E-state index contributed by atoms with van der Waals surface area (Å²) in [6.45, 7) is 0.636. The summed E-state index contributed by atoms with van der Waals surface area (Å²) >= 11 is 13.5. The van der Waals surface area contributed by atoms with Gasteiger partial charge < -0.3 is 4.74 Å². The number of ether oxygens (including phenoxy) is 1. The van der Waals surface area contributed by atoms with E-state index in [4.69, 9.17) is 27.9 Å². The number of halogens is 2. The first-order valence-corrected chi connectivity index (χ1v) is 7.25. The van der Waals surface area contributed by atoms with Gasteiger partial charge in [-0.15, -0.1) is 11.8 Å². The Morgan fingerprint density at radius 3 is 2.44 bits per heavy atom. The van der Waals surface area contributed by atoms with Crippen LogP contribution in [0, 0.1) is 0 Å². The van der Waals surface area contributed by atoms with Crippen LogP contribution in [0.15, 0.2) is 53.4 Å². The maximum Gasteiger partial charge on any atom is 0.120 e. The molecule has 4 heteroatoms. The van der Waals surface area contributed by atoms with Gasteiger partial charge in [0.25, 0.3) is 0 Å². The summed E-state index contributed by atoms with van der Waals surface area (Å²) in [6, 6.07) is 15.5. The van der Waals surface area contributed by atoms with Crippen LogP contribution in [0.3, 0.4) is 0 Å². The van der Waals surface area contributed by atoms with E-state index in [0.29, 0.717) is 16.7 Å². The van der Waals surface area contributed by atoms with Crippen LogP contribution in [-0.4, -0.2) is 12.4 Å². The topological polar surface area (TPSA) is 9.23 Å². The van der Waals surface area contributed by atoms with Crippen molar-refractivity contribution in [1.29, 1.82) is 0 Å². The van der Waals surface area contributed by atoms with Crippen LogP contribution in [-0.2, 0) is 0 Å². The van der Waals surface area contributed by atoms with Gasteiger partial charge in [0, 0.05) is 16.7 Å². The number of thioether (sulfide) groups is 1. The fourth-order valence-corrected chi connectivity index (χ4v) is 2.44. The van der Waals surface area contributed by atoms with E-state index in [9.17, 15) is 0 Å². The second kappa shape index (κ2) is 6.93. The molecular weight excluding hydrogens is 287 g/mol. The Hall–Kier alpha value is -0.830. The molecule has 0 fully saturated rings. The summed E-state index contributed by atoms with van der Waals surface area (Å²) in [5, 5.41) is 1.06. The van der Waals surface area contributed by atoms with Crippen molar-refractivity contribution in [3.8, 4) is 5.75 Å². The van der Waals surface area contributed by atoms with E-state index in [1.165, 1.54) is 4.90 Å². The molecule has 1 nitrogen and oxygen atoms in total. The molecule has 0 bridgehead atoms. The molecule has 0 amide bonds. The molecule has 0 radical (unpaired) electrons. The highest BCUT2D eigenvalue weighted by molar-refractivity contribution is 7.99. The van der Waals surface area contributed by atoms with Crippen molar-refractivity contribution in [2.24, 2.45) is 0 Å². The third-order valence-corrected chi connectivity index (χ3v) is 3.97. The molecule has 0 atom stereocenters. The lowest BCUT2D eigenvalue weighted by Gasteiger charge is -2.07. The fourth-order valence-electron chi connectivity index (χ4n) is 1.40. The van der Waals surface area contributed by atoms with E-state index in [1.54, 1.807) is 23.9 Å². The first-order chi connectivity index (χ1) is 8.75. The highest BCUT2D eigenvalue weighted by Crippen LogP contribution is 2.26. The van der Waals surface area contributed by atoms with Crippen molar-refractivity contribution in [3.63, 3.8) is 0 Å². The van der Waals surface area contributed by atoms with Gasteiger partial charge in [0.15, 0.2) is 0 Å². The summed E-state index contributed by atoms with van der Waals surface area (Å²) in [5.41, 5.74) is 0. The molecular formula is C14H12Cl2OS. The van der Waals surface area contributed by atoms with Crippen molar-refractivity contribution in [3.05, 3.63) is 58.6 Å². The fraction of sp³-hybridized carbons (Fsp3) is 0.143.